The van der Waals surface area contributed by atoms with Crippen molar-refractivity contribution in [1.29, 1.82) is 0 Å². The fourth-order valence-electron chi connectivity index (χ4n) is 0.867. The highest BCUT2D eigenvalue weighted by Gasteiger charge is 2.05. The van der Waals surface area contributed by atoms with Gasteiger partial charge >= 0.3 is 0 Å². The van der Waals surface area contributed by atoms with Crippen LogP contribution in [0.1, 0.15) is 12.5 Å². The molecule has 0 aliphatic rings. The van der Waals surface area contributed by atoms with Gasteiger partial charge < -0.3 is 0 Å². The first-order chi connectivity index (χ1) is 5.52. The highest BCUT2D eigenvalue weighted by atomic mass is 127. The van der Waals surface area contributed by atoms with E-state index in [1.165, 1.54) is 16.3 Å². The standard InChI is InChI=1S/C9H7I3/c1-5(2)7-3-6(10)4-8(11)9(7)12/h3-4H,1H2,2H3. The van der Waals surface area contributed by atoms with Gasteiger partial charge in [-0.05, 0) is 98.0 Å². The average Bonchev–Trinajstić information content (AvgIpc) is 1.96. The van der Waals surface area contributed by atoms with Crippen molar-refractivity contribution in [3.63, 3.8) is 0 Å². The van der Waals surface area contributed by atoms with Crippen LogP contribution in [-0.2, 0) is 0 Å². The molecule has 1 rings (SSSR count). The lowest BCUT2D eigenvalue weighted by atomic mass is 10.1. The zero-order valence-corrected chi connectivity index (χ0v) is 13.0. The van der Waals surface area contributed by atoms with Crippen LogP contribution in [0.15, 0.2) is 18.7 Å². The van der Waals surface area contributed by atoms with Gasteiger partial charge in [0.1, 0.15) is 0 Å². The molecular weight excluding hydrogens is 489 g/mol. The minimum Gasteiger partial charge on any atom is -0.0955 e. The van der Waals surface area contributed by atoms with Gasteiger partial charge in [0.05, 0.1) is 0 Å². The molecule has 0 heterocycles. The van der Waals surface area contributed by atoms with Crippen LogP contribution in [0.2, 0.25) is 0 Å². The van der Waals surface area contributed by atoms with Crippen molar-refractivity contribution in [2.75, 3.05) is 0 Å². The maximum atomic E-state index is 3.96. The second kappa shape index (κ2) is 4.59. The van der Waals surface area contributed by atoms with Gasteiger partial charge in [0, 0.05) is 10.7 Å². The van der Waals surface area contributed by atoms with E-state index in [1.54, 1.807) is 0 Å². The van der Waals surface area contributed by atoms with Crippen molar-refractivity contribution < 1.29 is 0 Å². The normalized spacial score (nSPS) is 10.0. The summed E-state index contributed by atoms with van der Waals surface area (Å²) < 4.78 is 3.88. The highest BCUT2D eigenvalue weighted by molar-refractivity contribution is 14.1. The molecule has 1 aromatic carbocycles. The van der Waals surface area contributed by atoms with Crippen LogP contribution < -0.4 is 0 Å². The molecule has 0 unspecified atom stereocenters. The lowest BCUT2D eigenvalue weighted by Crippen LogP contribution is -1.90. The van der Waals surface area contributed by atoms with Gasteiger partial charge in [-0.2, -0.15) is 0 Å². The molecule has 0 atom stereocenters. The predicted octanol–water partition coefficient (Wildman–Crippen LogP) is 4.53. The van der Waals surface area contributed by atoms with E-state index in [2.05, 4.69) is 86.5 Å². The number of rotatable bonds is 1. The third-order valence-corrected chi connectivity index (χ3v) is 5.12. The van der Waals surface area contributed by atoms with E-state index in [4.69, 9.17) is 0 Å². The Hall–Kier alpha value is 1.15. The van der Waals surface area contributed by atoms with Crippen LogP contribution in [0.4, 0.5) is 0 Å². The molecule has 0 aliphatic heterocycles. The van der Waals surface area contributed by atoms with Gasteiger partial charge in [-0.25, -0.2) is 0 Å². The van der Waals surface area contributed by atoms with E-state index < -0.39 is 0 Å². The van der Waals surface area contributed by atoms with Crippen LogP contribution in [0.3, 0.4) is 0 Å². The molecule has 0 aliphatic carbocycles. The summed E-state index contributed by atoms with van der Waals surface area (Å²) in [5.41, 5.74) is 2.41. The fraction of sp³-hybridized carbons (Fsp3) is 0.111. The Bertz CT molecular complexity index is 329. The Kier molecular flexibility index (Phi) is 4.29. The van der Waals surface area contributed by atoms with Crippen LogP contribution >= 0.6 is 67.8 Å². The first kappa shape index (κ1) is 11.2. The molecule has 64 valence electrons. The molecule has 0 radical (unpaired) electrons. The van der Waals surface area contributed by atoms with Crippen molar-refractivity contribution >= 4 is 73.3 Å². The first-order valence-corrected chi connectivity index (χ1v) is 6.56. The molecule has 0 aromatic heterocycles. The maximum Gasteiger partial charge on any atom is 0.0339 e. The molecule has 0 spiro atoms. The molecular formula is C9H7I3. The Morgan fingerprint density at radius 3 is 2.33 bits per heavy atom. The average molecular weight is 496 g/mol. The number of hydrogen-bond donors (Lipinski definition) is 0. The summed E-state index contributed by atoms with van der Waals surface area (Å²) >= 11 is 7.05. The molecule has 1 aromatic rings. The molecule has 0 saturated heterocycles. The van der Waals surface area contributed by atoms with E-state index in [-0.39, 0.29) is 0 Å². The number of halogens is 3. The predicted molar refractivity (Wildman–Crippen MR) is 79.3 cm³/mol. The zero-order chi connectivity index (χ0) is 9.30. The lowest BCUT2D eigenvalue weighted by molar-refractivity contribution is 1.46. The Morgan fingerprint density at radius 2 is 1.83 bits per heavy atom. The minimum absolute atomic E-state index is 1.14. The molecule has 12 heavy (non-hydrogen) atoms. The fourth-order valence-corrected chi connectivity index (χ4v) is 3.48. The highest BCUT2D eigenvalue weighted by Crippen LogP contribution is 2.26. The molecule has 0 amide bonds. The Balaban J connectivity index is 3.37. The van der Waals surface area contributed by atoms with Gasteiger partial charge in [-0.1, -0.05) is 6.58 Å². The smallest absolute Gasteiger partial charge is 0.0339 e. The zero-order valence-electron chi connectivity index (χ0n) is 6.50. The molecule has 0 fully saturated rings. The lowest BCUT2D eigenvalue weighted by Gasteiger charge is -2.06. The molecule has 0 saturated carbocycles. The van der Waals surface area contributed by atoms with Crippen molar-refractivity contribution in [3.05, 3.63) is 35.0 Å². The summed E-state index contributed by atoms with van der Waals surface area (Å²) in [5.74, 6) is 0. The van der Waals surface area contributed by atoms with Gasteiger partial charge in [0.2, 0.25) is 0 Å². The van der Waals surface area contributed by atoms with Crippen molar-refractivity contribution in [2.24, 2.45) is 0 Å². The van der Waals surface area contributed by atoms with Crippen LogP contribution in [0.5, 0.6) is 0 Å². The summed E-state index contributed by atoms with van der Waals surface area (Å²) in [7, 11) is 0. The van der Waals surface area contributed by atoms with Crippen LogP contribution in [0, 0.1) is 10.7 Å². The summed E-state index contributed by atoms with van der Waals surface area (Å²) in [5, 5.41) is 0. The van der Waals surface area contributed by atoms with E-state index in [0.717, 1.165) is 5.57 Å². The van der Waals surface area contributed by atoms with Crippen LogP contribution in [0.25, 0.3) is 5.57 Å². The van der Waals surface area contributed by atoms with Gasteiger partial charge in [0.25, 0.3) is 0 Å². The maximum absolute atomic E-state index is 3.96. The molecule has 3 heteroatoms. The molecule has 0 nitrogen and oxygen atoms in total. The summed E-state index contributed by atoms with van der Waals surface area (Å²) in [4.78, 5) is 0. The van der Waals surface area contributed by atoms with Crippen LogP contribution in [-0.4, -0.2) is 0 Å². The summed E-state index contributed by atoms with van der Waals surface area (Å²) in [6.45, 7) is 6.00. The monoisotopic (exact) mass is 496 g/mol. The third kappa shape index (κ3) is 2.57. The Morgan fingerprint density at radius 1 is 1.25 bits per heavy atom. The topological polar surface area (TPSA) is 0 Å². The number of benzene rings is 1. The van der Waals surface area contributed by atoms with Gasteiger partial charge in [-0.15, -0.1) is 0 Å². The first-order valence-electron chi connectivity index (χ1n) is 3.33. The minimum atomic E-state index is 1.14. The second-order valence-electron chi connectivity index (χ2n) is 2.53. The van der Waals surface area contributed by atoms with Crippen molar-refractivity contribution in [1.82, 2.24) is 0 Å². The van der Waals surface area contributed by atoms with Gasteiger partial charge in [-0.3, -0.25) is 0 Å². The quantitative estimate of drug-likeness (QED) is 0.397. The molecule has 0 N–H and O–H groups in total. The van der Waals surface area contributed by atoms with E-state index in [1.807, 2.05) is 6.92 Å². The summed E-state index contributed by atoms with van der Waals surface area (Å²) in [6, 6.07) is 4.35. The van der Waals surface area contributed by atoms with E-state index in [9.17, 15) is 0 Å². The second-order valence-corrected chi connectivity index (χ2v) is 6.02. The van der Waals surface area contributed by atoms with Crippen molar-refractivity contribution in [2.45, 2.75) is 6.92 Å². The third-order valence-electron chi connectivity index (χ3n) is 1.45. The largest absolute Gasteiger partial charge is 0.0955 e. The van der Waals surface area contributed by atoms with Crippen molar-refractivity contribution in [3.8, 4) is 0 Å². The van der Waals surface area contributed by atoms with E-state index in [0.29, 0.717) is 0 Å². The van der Waals surface area contributed by atoms with Gasteiger partial charge in [0.15, 0.2) is 0 Å². The SMILES string of the molecule is C=C(C)c1cc(I)cc(I)c1I. The molecule has 0 bridgehead atoms. The number of allylic oxidation sites excluding steroid dienone is 1. The van der Waals surface area contributed by atoms with E-state index >= 15 is 0 Å². The summed E-state index contributed by atoms with van der Waals surface area (Å²) in [6.07, 6.45) is 0. The Labute approximate surface area is 114 Å². The number of hydrogen-bond acceptors (Lipinski definition) is 0.